The van der Waals surface area contributed by atoms with Crippen molar-refractivity contribution in [1.29, 1.82) is 0 Å². The topological polar surface area (TPSA) is 0 Å². The van der Waals surface area contributed by atoms with Crippen LogP contribution >= 0.6 is 26.3 Å². The molecule has 0 aromatic heterocycles. The molecule has 0 atom stereocenters. The van der Waals surface area contributed by atoms with E-state index < -0.39 is 4.25 Å². The Kier molecular flexibility index (Phi) is 4.32. The fourth-order valence-corrected chi connectivity index (χ4v) is 18.2. The van der Waals surface area contributed by atoms with Gasteiger partial charge in [0.1, 0.15) is 0 Å². The van der Waals surface area contributed by atoms with E-state index in [4.69, 9.17) is 0 Å². The first kappa shape index (κ1) is 14.1. The third kappa shape index (κ3) is 2.30. The van der Waals surface area contributed by atoms with E-state index in [2.05, 4.69) is 22.0 Å². The van der Waals surface area contributed by atoms with Gasteiger partial charge in [0.2, 0.25) is 0 Å². The molecule has 3 fully saturated rings. The first-order valence-corrected chi connectivity index (χ1v) is 14.0. The molecule has 1 aliphatic heterocycles. The Labute approximate surface area is 126 Å². The van der Waals surface area contributed by atoms with Crippen molar-refractivity contribution in [3.05, 3.63) is 0 Å². The maximum absolute atomic E-state index is 3.17. The Morgan fingerprint density at radius 3 is 1.33 bits per heavy atom. The van der Waals surface area contributed by atoms with Crippen LogP contribution in [0.4, 0.5) is 0 Å². The Bertz CT molecular complexity index is 261. The molecule has 3 aliphatic rings. The average molecular weight is 380 g/mol. The minimum atomic E-state index is -1.35. The summed E-state index contributed by atoms with van der Waals surface area (Å²) in [6.07, 6.45) is 22.2. The molecule has 2 heteroatoms. The third-order valence-electron chi connectivity index (χ3n) is 6.45. The van der Waals surface area contributed by atoms with E-state index in [1.807, 2.05) is 0 Å². The Morgan fingerprint density at radius 2 is 0.944 bits per heavy atom. The summed E-state index contributed by atoms with van der Waals surface area (Å²) in [4.78, 5) is 0. The van der Waals surface area contributed by atoms with Crippen molar-refractivity contribution in [1.82, 2.24) is 0 Å². The predicted molar refractivity (Wildman–Crippen MR) is 93.7 cm³/mol. The number of rotatable bonds is 2. The molecule has 0 nitrogen and oxygen atoms in total. The van der Waals surface area contributed by atoms with E-state index in [0.29, 0.717) is 0 Å². The van der Waals surface area contributed by atoms with E-state index in [9.17, 15) is 0 Å². The second-order valence-electron chi connectivity index (χ2n) is 7.28. The van der Waals surface area contributed by atoms with Crippen LogP contribution in [0.2, 0.25) is 0 Å². The first-order valence-electron chi connectivity index (χ1n) is 8.45. The van der Waals surface area contributed by atoms with E-state index in [0.717, 1.165) is 0 Å². The minimum absolute atomic E-state index is 1.19. The zero-order valence-corrected chi connectivity index (χ0v) is 14.9. The standard InChI is InChI=1S/C16H30IP/c17-18(13-7-8-14-18,15-9-3-1-4-10-15)16-11-5-2-6-12-16/h15-16H,1-14H2. The summed E-state index contributed by atoms with van der Waals surface area (Å²) in [6, 6.07) is 0. The van der Waals surface area contributed by atoms with Crippen molar-refractivity contribution < 1.29 is 0 Å². The summed E-state index contributed by atoms with van der Waals surface area (Å²) < 4.78 is -1.35. The van der Waals surface area contributed by atoms with Crippen LogP contribution in [0.15, 0.2) is 0 Å². The molecule has 0 N–H and O–H groups in total. The van der Waals surface area contributed by atoms with Crippen molar-refractivity contribution in [2.45, 2.75) is 88.4 Å². The van der Waals surface area contributed by atoms with Gasteiger partial charge in [0.25, 0.3) is 0 Å². The van der Waals surface area contributed by atoms with Crippen molar-refractivity contribution in [3.8, 4) is 0 Å². The molecule has 18 heavy (non-hydrogen) atoms. The fourth-order valence-electron chi connectivity index (χ4n) is 5.46. The van der Waals surface area contributed by atoms with E-state index in [1.54, 1.807) is 76.5 Å². The van der Waals surface area contributed by atoms with Crippen LogP contribution in [0.5, 0.6) is 0 Å². The van der Waals surface area contributed by atoms with Gasteiger partial charge < -0.3 is 0 Å². The molecular weight excluding hydrogens is 350 g/mol. The molecule has 0 spiro atoms. The zero-order chi connectivity index (χ0) is 12.5. The van der Waals surface area contributed by atoms with Crippen molar-refractivity contribution in [2.75, 3.05) is 12.3 Å². The van der Waals surface area contributed by atoms with E-state index >= 15 is 0 Å². The van der Waals surface area contributed by atoms with Gasteiger partial charge in [-0.05, 0) is 0 Å². The number of hydrogen-bond acceptors (Lipinski definition) is 0. The van der Waals surface area contributed by atoms with Crippen molar-refractivity contribution in [3.63, 3.8) is 0 Å². The van der Waals surface area contributed by atoms with Crippen LogP contribution in [-0.2, 0) is 0 Å². The van der Waals surface area contributed by atoms with Gasteiger partial charge in [-0.2, -0.15) is 0 Å². The molecular formula is C16H30IP. The summed E-state index contributed by atoms with van der Waals surface area (Å²) in [5, 5.41) is 0. The van der Waals surface area contributed by atoms with Crippen LogP contribution < -0.4 is 0 Å². The number of halogens is 1. The molecule has 0 aromatic rings. The van der Waals surface area contributed by atoms with Gasteiger partial charge in [0.05, 0.1) is 0 Å². The normalized spacial score (nSPS) is 35.9. The van der Waals surface area contributed by atoms with Gasteiger partial charge in [-0.15, -0.1) is 0 Å². The second kappa shape index (κ2) is 5.51. The Hall–Kier alpha value is 1.16. The summed E-state index contributed by atoms with van der Waals surface area (Å²) in [7, 11) is 0. The number of hydrogen-bond donors (Lipinski definition) is 0. The molecule has 0 aromatic carbocycles. The SMILES string of the molecule is IP1(C2CCCCC2)(C2CCCCC2)CCCC1. The molecule has 2 aliphatic carbocycles. The maximum atomic E-state index is 3.17. The van der Waals surface area contributed by atoms with Crippen molar-refractivity contribution in [2.24, 2.45) is 0 Å². The monoisotopic (exact) mass is 380 g/mol. The van der Waals surface area contributed by atoms with E-state index in [1.165, 1.54) is 24.2 Å². The van der Waals surface area contributed by atoms with Crippen molar-refractivity contribution >= 4 is 26.3 Å². The summed E-state index contributed by atoms with van der Waals surface area (Å²) >= 11 is 3.17. The van der Waals surface area contributed by atoms with Gasteiger partial charge >= 0.3 is 127 Å². The molecule has 0 bridgehead atoms. The van der Waals surface area contributed by atoms with E-state index in [-0.39, 0.29) is 0 Å². The summed E-state index contributed by atoms with van der Waals surface area (Å²) in [5.74, 6) is 0. The molecule has 0 amide bonds. The predicted octanol–water partition coefficient (Wildman–Crippen LogP) is 6.35. The first-order chi connectivity index (χ1) is 8.73. The van der Waals surface area contributed by atoms with Crippen LogP contribution in [-0.4, -0.2) is 23.6 Å². The Morgan fingerprint density at radius 1 is 0.556 bits per heavy atom. The molecule has 2 saturated carbocycles. The zero-order valence-electron chi connectivity index (χ0n) is 11.9. The quantitative estimate of drug-likeness (QED) is 0.387. The summed E-state index contributed by atoms with van der Waals surface area (Å²) in [5.41, 5.74) is 2.38. The molecule has 0 radical (unpaired) electrons. The van der Waals surface area contributed by atoms with Gasteiger partial charge in [-0.1, -0.05) is 0 Å². The third-order valence-corrected chi connectivity index (χ3v) is 21.2. The fraction of sp³-hybridized carbons (Fsp3) is 1.00. The average Bonchev–Trinajstić information content (AvgIpc) is 2.87. The molecule has 3 rings (SSSR count). The van der Waals surface area contributed by atoms with Crippen LogP contribution in [0.3, 0.4) is 0 Å². The van der Waals surface area contributed by atoms with Crippen LogP contribution in [0.25, 0.3) is 0 Å². The summed E-state index contributed by atoms with van der Waals surface area (Å²) in [6.45, 7) is 0. The molecule has 1 saturated heterocycles. The van der Waals surface area contributed by atoms with Gasteiger partial charge in [-0.25, -0.2) is 0 Å². The Balaban J connectivity index is 1.87. The molecule has 106 valence electrons. The van der Waals surface area contributed by atoms with Gasteiger partial charge in [0, 0.05) is 0 Å². The van der Waals surface area contributed by atoms with Gasteiger partial charge in [0.15, 0.2) is 0 Å². The van der Waals surface area contributed by atoms with Crippen LogP contribution in [0, 0.1) is 0 Å². The van der Waals surface area contributed by atoms with Gasteiger partial charge in [-0.3, -0.25) is 0 Å². The molecule has 0 unspecified atom stereocenters. The molecule has 1 heterocycles. The second-order valence-corrected chi connectivity index (χ2v) is 20.1. The van der Waals surface area contributed by atoms with Crippen LogP contribution in [0.1, 0.15) is 77.0 Å².